The minimum Gasteiger partial charge on any atom is -0.306 e. The maximum Gasteiger partial charge on any atom is 0.256 e. The van der Waals surface area contributed by atoms with Crippen LogP contribution in [0.15, 0.2) is 60.8 Å². The van der Waals surface area contributed by atoms with E-state index in [0.717, 1.165) is 11.1 Å². The summed E-state index contributed by atoms with van der Waals surface area (Å²) >= 11 is 18.2. The molecule has 0 atom stereocenters. The number of nitrogens with one attached hydrogen (secondary N) is 1. The van der Waals surface area contributed by atoms with E-state index in [1.807, 2.05) is 47.9 Å². The number of halogens is 3. The van der Waals surface area contributed by atoms with Crippen molar-refractivity contribution in [1.82, 2.24) is 9.38 Å². The van der Waals surface area contributed by atoms with Gasteiger partial charge in [0.25, 0.3) is 5.91 Å². The van der Waals surface area contributed by atoms with E-state index in [0.29, 0.717) is 37.8 Å². The summed E-state index contributed by atoms with van der Waals surface area (Å²) in [6.07, 6.45) is 1.91. The Hall–Kier alpha value is -2.53. The highest BCUT2D eigenvalue weighted by Gasteiger charge is 2.18. The molecule has 0 saturated carbocycles. The molecule has 0 radical (unpaired) electrons. The number of anilines is 1. The van der Waals surface area contributed by atoms with E-state index < -0.39 is 0 Å². The number of aryl methyl sites for hydroxylation is 1. The summed E-state index contributed by atoms with van der Waals surface area (Å²) in [7, 11) is 0. The van der Waals surface area contributed by atoms with Gasteiger partial charge in [-0.05, 0) is 48.9 Å². The van der Waals surface area contributed by atoms with Gasteiger partial charge in [0.05, 0.1) is 0 Å². The topological polar surface area (TPSA) is 46.4 Å². The number of hydrogen-bond acceptors (Lipinski definition) is 2. The van der Waals surface area contributed by atoms with Crippen molar-refractivity contribution in [3.8, 4) is 11.3 Å². The number of aromatic nitrogens is 2. The van der Waals surface area contributed by atoms with E-state index in [-0.39, 0.29) is 5.91 Å². The van der Waals surface area contributed by atoms with Crippen LogP contribution in [-0.2, 0) is 0 Å². The van der Waals surface area contributed by atoms with E-state index in [9.17, 15) is 4.79 Å². The van der Waals surface area contributed by atoms with Crippen LogP contribution >= 0.6 is 34.8 Å². The van der Waals surface area contributed by atoms with Gasteiger partial charge < -0.3 is 5.32 Å². The second-order valence-corrected chi connectivity index (χ2v) is 7.68. The maximum atomic E-state index is 12.9. The molecule has 2 aromatic heterocycles. The fourth-order valence-corrected chi connectivity index (χ4v) is 3.69. The number of benzene rings is 2. The number of amides is 1. The zero-order valence-electron chi connectivity index (χ0n) is 14.7. The second-order valence-electron chi connectivity index (χ2n) is 6.37. The number of carbonyl (C=O) groups excluding carboxylic acids is 1. The zero-order chi connectivity index (χ0) is 19.8. The first kappa shape index (κ1) is 18.8. The van der Waals surface area contributed by atoms with Crippen LogP contribution in [0.4, 0.5) is 5.82 Å². The van der Waals surface area contributed by atoms with Crippen LogP contribution in [-0.4, -0.2) is 15.3 Å². The Morgan fingerprint density at radius 2 is 1.71 bits per heavy atom. The molecule has 0 aliphatic rings. The number of rotatable bonds is 3. The van der Waals surface area contributed by atoms with Gasteiger partial charge in [-0.25, -0.2) is 4.98 Å². The predicted molar refractivity (Wildman–Crippen MR) is 115 cm³/mol. The molecule has 1 N–H and O–H groups in total. The molecular formula is C21H14Cl3N3O. The Kier molecular flexibility index (Phi) is 5.02. The SMILES string of the molecule is Cc1ccc2nc(-c3cccc(Cl)c3)c(NC(=O)c3cc(Cl)cc(Cl)c3)n2c1. The Morgan fingerprint density at radius 3 is 2.43 bits per heavy atom. The van der Waals surface area contributed by atoms with Crippen molar-refractivity contribution in [3.63, 3.8) is 0 Å². The first-order valence-electron chi connectivity index (χ1n) is 8.43. The summed E-state index contributed by atoms with van der Waals surface area (Å²) in [5.74, 6) is 0.207. The van der Waals surface area contributed by atoms with E-state index in [4.69, 9.17) is 34.8 Å². The molecule has 2 heterocycles. The fourth-order valence-electron chi connectivity index (χ4n) is 2.97. The molecule has 2 aromatic carbocycles. The molecule has 28 heavy (non-hydrogen) atoms. The highest BCUT2D eigenvalue weighted by atomic mass is 35.5. The molecule has 1 amide bonds. The molecule has 0 aliphatic carbocycles. The van der Waals surface area contributed by atoms with Crippen molar-refractivity contribution in [2.24, 2.45) is 0 Å². The standard InChI is InChI=1S/C21H14Cl3N3O/c1-12-5-6-18-25-19(13-3-2-4-15(22)7-13)20(27(18)11-12)26-21(28)14-8-16(23)10-17(24)9-14/h2-11H,1H3,(H,26,28). The molecule has 7 heteroatoms. The summed E-state index contributed by atoms with van der Waals surface area (Å²) in [4.78, 5) is 17.6. The summed E-state index contributed by atoms with van der Waals surface area (Å²) < 4.78 is 1.84. The van der Waals surface area contributed by atoms with Crippen molar-refractivity contribution in [2.45, 2.75) is 6.92 Å². The van der Waals surface area contributed by atoms with Crippen LogP contribution in [0, 0.1) is 6.92 Å². The lowest BCUT2D eigenvalue weighted by Crippen LogP contribution is -2.14. The molecule has 0 spiro atoms. The minimum atomic E-state index is -0.337. The Labute approximate surface area is 176 Å². The van der Waals surface area contributed by atoms with Crippen LogP contribution < -0.4 is 5.32 Å². The second kappa shape index (κ2) is 7.47. The molecule has 0 bridgehead atoms. The lowest BCUT2D eigenvalue weighted by Gasteiger charge is -2.09. The molecule has 140 valence electrons. The quantitative estimate of drug-likeness (QED) is 0.402. The largest absolute Gasteiger partial charge is 0.306 e. The van der Waals surface area contributed by atoms with E-state index in [2.05, 4.69) is 10.3 Å². The third-order valence-electron chi connectivity index (χ3n) is 4.22. The maximum absolute atomic E-state index is 12.9. The Bertz CT molecular complexity index is 1200. The number of hydrogen-bond donors (Lipinski definition) is 1. The van der Waals surface area contributed by atoms with Gasteiger partial charge in [0.15, 0.2) is 0 Å². The molecule has 4 aromatic rings. The van der Waals surface area contributed by atoms with Crippen molar-refractivity contribution >= 4 is 52.2 Å². The van der Waals surface area contributed by atoms with E-state index >= 15 is 0 Å². The van der Waals surface area contributed by atoms with Crippen LogP contribution in [0.3, 0.4) is 0 Å². The third-order valence-corrected chi connectivity index (χ3v) is 4.89. The van der Waals surface area contributed by atoms with Gasteiger partial charge in [-0.15, -0.1) is 0 Å². The van der Waals surface area contributed by atoms with Gasteiger partial charge in [-0.3, -0.25) is 9.20 Å². The average molecular weight is 431 g/mol. The van der Waals surface area contributed by atoms with Crippen LogP contribution in [0.5, 0.6) is 0 Å². The highest BCUT2D eigenvalue weighted by Crippen LogP contribution is 2.31. The Morgan fingerprint density at radius 1 is 0.964 bits per heavy atom. The van der Waals surface area contributed by atoms with Crippen molar-refractivity contribution < 1.29 is 4.79 Å². The summed E-state index contributed by atoms with van der Waals surface area (Å²) in [6.45, 7) is 1.97. The summed E-state index contributed by atoms with van der Waals surface area (Å²) in [5, 5.41) is 4.32. The first-order chi connectivity index (χ1) is 13.4. The summed E-state index contributed by atoms with van der Waals surface area (Å²) in [5.41, 5.74) is 3.52. The Balaban J connectivity index is 1.85. The van der Waals surface area contributed by atoms with Gasteiger partial charge in [-0.1, -0.05) is 53.0 Å². The van der Waals surface area contributed by atoms with Gasteiger partial charge in [0.1, 0.15) is 17.2 Å². The smallest absolute Gasteiger partial charge is 0.256 e. The fraction of sp³-hybridized carbons (Fsp3) is 0.0476. The number of imidazole rings is 1. The summed E-state index contributed by atoms with van der Waals surface area (Å²) in [6, 6.07) is 15.9. The van der Waals surface area contributed by atoms with Gasteiger partial charge in [0, 0.05) is 32.4 Å². The van der Waals surface area contributed by atoms with Crippen LogP contribution in [0.2, 0.25) is 15.1 Å². The number of nitrogens with zero attached hydrogens (tertiary/aromatic N) is 2. The number of fused-ring (bicyclic) bond motifs is 1. The normalized spacial score (nSPS) is 11.0. The molecule has 0 aliphatic heterocycles. The van der Waals surface area contributed by atoms with Crippen LogP contribution in [0.25, 0.3) is 16.9 Å². The molecule has 4 nitrogen and oxygen atoms in total. The molecule has 4 rings (SSSR count). The van der Waals surface area contributed by atoms with E-state index in [1.165, 1.54) is 0 Å². The lowest BCUT2D eigenvalue weighted by molar-refractivity contribution is 0.102. The van der Waals surface area contributed by atoms with E-state index in [1.54, 1.807) is 24.3 Å². The molecule has 0 fully saturated rings. The first-order valence-corrected chi connectivity index (χ1v) is 9.56. The molecule has 0 saturated heterocycles. The average Bonchev–Trinajstić information content (AvgIpc) is 2.98. The van der Waals surface area contributed by atoms with Crippen molar-refractivity contribution in [3.05, 3.63) is 87.0 Å². The highest BCUT2D eigenvalue weighted by molar-refractivity contribution is 6.35. The monoisotopic (exact) mass is 429 g/mol. The van der Waals surface area contributed by atoms with Gasteiger partial charge in [-0.2, -0.15) is 0 Å². The van der Waals surface area contributed by atoms with Crippen molar-refractivity contribution in [2.75, 3.05) is 5.32 Å². The zero-order valence-corrected chi connectivity index (χ0v) is 17.0. The minimum absolute atomic E-state index is 0.337. The third kappa shape index (κ3) is 3.72. The van der Waals surface area contributed by atoms with Crippen molar-refractivity contribution in [1.29, 1.82) is 0 Å². The molecule has 0 unspecified atom stereocenters. The molecular weight excluding hydrogens is 417 g/mol. The lowest BCUT2D eigenvalue weighted by atomic mass is 10.1. The number of pyridine rings is 1. The predicted octanol–water partition coefficient (Wildman–Crippen LogP) is 6.52. The van der Waals surface area contributed by atoms with Gasteiger partial charge >= 0.3 is 0 Å². The number of carbonyl (C=O) groups is 1. The van der Waals surface area contributed by atoms with Crippen LogP contribution in [0.1, 0.15) is 15.9 Å². The van der Waals surface area contributed by atoms with Gasteiger partial charge in [0.2, 0.25) is 0 Å².